The number of halogens is 1. The van der Waals surface area contributed by atoms with Crippen LogP contribution in [0.25, 0.3) is 11.2 Å². The predicted octanol–water partition coefficient (Wildman–Crippen LogP) is 2.57. The van der Waals surface area contributed by atoms with Crippen molar-refractivity contribution in [2.45, 2.75) is 51.0 Å². The molecule has 1 saturated carbocycles. The summed E-state index contributed by atoms with van der Waals surface area (Å²) >= 11 is 6.17. The van der Waals surface area contributed by atoms with Crippen molar-refractivity contribution >= 4 is 43.6 Å². The molecule has 0 spiro atoms. The zero-order valence-electron chi connectivity index (χ0n) is 17.8. The van der Waals surface area contributed by atoms with Crippen molar-refractivity contribution in [2.24, 2.45) is 0 Å². The Bertz CT molecular complexity index is 1110. The highest BCUT2D eigenvalue weighted by Crippen LogP contribution is 2.55. The van der Waals surface area contributed by atoms with Crippen LogP contribution in [-0.4, -0.2) is 64.1 Å². The lowest BCUT2D eigenvalue weighted by molar-refractivity contribution is -0.0101. The third kappa shape index (κ3) is 6.85. The number of aromatic nitrogens is 3. The molecule has 15 heteroatoms. The molecule has 0 aliphatic heterocycles. The van der Waals surface area contributed by atoms with Gasteiger partial charge in [-0.1, -0.05) is 30.5 Å². The molecule has 3 rings (SSSR count). The van der Waals surface area contributed by atoms with E-state index >= 15 is 0 Å². The second-order valence-electron chi connectivity index (χ2n) is 7.88. The lowest BCUT2D eigenvalue weighted by atomic mass is 10.1. The lowest BCUT2D eigenvalue weighted by Gasteiger charge is -2.23. The molecule has 1 fully saturated rings. The average molecular weight is 525 g/mol. The summed E-state index contributed by atoms with van der Waals surface area (Å²) in [7, 11) is -9.43. The highest BCUT2D eigenvalue weighted by Gasteiger charge is 2.33. The Kier molecular flexibility index (Phi) is 8.37. The van der Waals surface area contributed by atoms with Gasteiger partial charge < -0.3 is 34.7 Å². The van der Waals surface area contributed by atoms with Gasteiger partial charge in [0.25, 0.3) is 0 Å². The summed E-state index contributed by atoms with van der Waals surface area (Å²) in [5.41, 5.74) is 1.35. The fraction of sp³-hybridized carbons (Fsp3) is 0.556. The van der Waals surface area contributed by atoms with E-state index in [1.165, 1.54) is 23.9 Å². The van der Waals surface area contributed by atoms with Gasteiger partial charge in [0.15, 0.2) is 17.8 Å². The molecule has 2 aromatic rings. The van der Waals surface area contributed by atoms with Gasteiger partial charge >= 0.3 is 15.2 Å². The van der Waals surface area contributed by atoms with Crippen LogP contribution in [0.4, 0.5) is 5.69 Å². The zero-order valence-corrected chi connectivity index (χ0v) is 20.3. The normalized spacial score (nSPS) is 19.5. The van der Waals surface area contributed by atoms with Gasteiger partial charge in [-0.15, -0.1) is 0 Å². The third-order valence-corrected chi connectivity index (χ3v) is 8.96. The Morgan fingerprint density at radius 1 is 1.33 bits per heavy atom. The van der Waals surface area contributed by atoms with Crippen LogP contribution in [0.3, 0.4) is 0 Å². The van der Waals surface area contributed by atoms with Gasteiger partial charge in [-0.05, 0) is 25.3 Å². The number of nitrogens with zero attached hydrogens (tertiary/aromatic N) is 3. The maximum atomic E-state index is 11.9. The number of fused-ring (bicyclic) bond motifs is 1. The molecular formula is C18H27ClN4O8P2. The molecule has 2 heterocycles. The van der Waals surface area contributed by atoms with Gasteiger partial charge in [0.2, 0.25) is 0 Å². The Morgan fingerprint density at radius 2 is 2.00 bits per heavy atom. The second-order valence-corrected chi connectivity index (χ2v) is 12.3. The van der Waals surface area contributed by atoms with Gasteiger partial charge in [-0.2, -0.15) is 0 Å². The monoisotopic (exact) mass is 524 g/mol. The van der Waals surface area contributed by atoms with Crippen molar-refractivity contribution in [3.63, 3.8) is 0 Å². The molecule has 12 nitrogen and oxygen atoms in total. The fourth-order valence-electron chi connectivity index (χ4n) is 3.70. The molecule has 1 aliphatic rings. The summed E-state index contributed by atoms with van der Waals surface area (Å²) < 4.78 is 28.8. The molecule has 6 N–H and O–H groups in total. The van der Waals surface area contributed by atoms with Crippen molar-refractivity contribution in [3.05, 3.63) is 29.2 Å². The number of nitrogens with one attached hydrogen (secondary N) is 1. The Hall–Kier alpha value is -1.33. The van der Waals surface area contributed by atoms with E-state index in [1.807, 2.05) is 0 Å². The molecule has 3 atom stereocenters. The maximum Gasteiger partial charge on any atom is 0.340 e. The molecule has 0 bridgehead atoms. The highest BCUT2D eigenvalue weighted by molar-refractivity contribution is 7.70. The topological polar surface area (TPSA) is 187 Å². The van der Waals surface area contributed by atoms with Crippen molar-refractivity contribution in [3.8, 4) is 0 Å². The molecule has 2 aromatic heterocycles. The molecule has 1 unspecified atom stereocenters. The van der Waals surface area contributed by atoms with Crippen molar-refractivity contribution in [1.29, 1.82) is 0 Å². The Balaban J connectivity index is 1.79. The number of imidazole rings is 1. The molecular weight excluding hydrogens is 498 g/mol. The minimum absolute atomic E-state index is 0.00988. The van der Waals surface area contributed by atoms with Crippen molar-refractivity contribution < 1.29 is 38.5 Å². The van der Waals surface area contributed by atoms with Crippen LogP contribution in [0.15, 0.2) is 24.0 Å². The first-order valence-corrected chi connectivity index (χ1v) is 14.2. The van der Waals surface area contributed by atoms with E-state index < -0.39 is 40.0 Å². The summed E-state index contributed by atoms with van der Waals surface area (Å²) in [4.78, 5) is 36.0. The van der Waals surface area contributed by atoms with Crippen LogP contribution in [0, 0.1) is 0 Å². The van der Waals surface area contributed by atoms with Crippen molar-refractivity contribution in [2.75, 3.05) is 17.8 Å². The molecule has 33 heavy (non-hydrogen) atoms. The van der Waals surface area contributed by atoms with E-state index in [9.17, 15) is 24.2 Å². The highest BCUT2D eigenvalue weighted by atomic mass is 35.5. The number of aliphatic hydroxyl groups is 2. The molecule has 0 aromatic carbocycles. The molecule has 0 amide bonds. The largest absolute Gasteiger partial charge is 0.384 e. The molecule has 184 valence electrons. The van der Waals surface area contributed by atoms with Crippen LogP contribution in [-0.2, 0) is 13.7 Å². The predicted molar refractivity (Wildman–Crippen MR) is 122 cm³/mol. The van der Waals surface area contributed by atoms with Crippen molar-refractivity contribution in [1.82, 2.24) is 14.5 Å². The van der Waals surface area contributed by atoms with Gasteiger partial charge in [-0.3, -0.25) is 13.7 Å². The van der Waals surface area contributed by atoms with E-state index in [-0.39, 0.29) is 22.4 Å². The Morgan fingerprint density at radius 3 is 2.61 bits per heavy atom. The standard InChI is InChI=1S/C18H27ClN4O8P2/c1-2-11(8-31-33(29,30)10-32(26,27)28)16(24)18(25)23-9-20-15-13(7-14(19)22-17(15)23)21-12-5-3-4-6-12/h2,7,9,12,16,18,24-25H,3-6,8,10H2,1H3,(H,21,22)(H,29,30)(H2,26,27,28)/b11-2-/t16-,18-/m1/s1. The van der Waals surface area contributed by atoms with Crippen LogP contribution >= 0.6 is 26.8 Å². The SMILES string of the molecule is C/C=C(/COP(=O)(O)CP(=O)(O)O)[C@@H](O)[C@@H](O)n1cnc2c(NC3CCCC3)cc(Cl)nc21. The Labute approximate surface area is 195 Å². The number of hydrogen-bond acceptors (Lipinski definition) is 8. The van der Waals surface area contributed by atoms with Gasteiger partial charge in [-0.25, -0.2) is 9.97 Å². The number of aliphatic hydroxyl groups excluding tert-OH is 2. The summed E-state index contributed by atoms with van der Waals surface area (Å²) in [5, 5.41) is 25.0. The first kappa shape index (κ1) is 26.3. The first-order valence-electron chi connectivity index (χ1n) is 10.2. The van der Waals surface area contributed by atoms with Crippen LogP contribution in [0.5, 0.6) is 0 Å². The third-order valence-electron chi connectivity index (χ3n) is 5.33. The number of rotatable bonds is 10. The fourth-order valence-corrected chi connectivity index (χ4v) is 6.43. The number of hydrogen-bond donors (Lipinski definition) is 6. The average Bonchev–Trinajstić information content (AvgIpc) is 3.35. The summed E-state index contributed by atoms with van der Waals surface area (Å²) in [6.07, 6.45) is 3.74. The zero-order chi connectivity index (χ0) is 24.4. The first-order chi connectivity index (χ1) is 15.4. The van der Waals surface area contributed by atoms with Gasteiger partial charge in [0.1, 0.15) is 16.8 Å². The quantitative estimate of drug-likeness (QED) is 0.152. The van der Waals surface area contributed by atoms with Crippen LogP contribution in [0.2, 0.25) is 5.15 Å². The van der Waals surface area contributed by atoms with Gasteiger partial charge in [0, 0.05) is 12.1 Å². The van der Waals surface area contributed by atoms with Gasteiger partial charge in [0.05, 0.1) is 18.6 Å². The maximum absolute atomic E-state index is 11.9. The van der Waals surface area contributed by atoms with E-state index in [0.29, 0.717) is 11.2 Å². The number of allylic oxidation sites excluding steroid dienone is 1. The smallest absolute Gasteiger partial charge is 0.340 e. The summed E-state index contributed by atoms with van der Waals surface area (Å²) in [6, 6.07) is 1.93. The van der Waals surface area contributed by atoms with Crippen LogP contribution < -0.4 is 5.32 Å². The minimum atomic E-state index is -4.79. The lowest BCUT2D eigenvalue weighted by Crippen LogP contribution is -2.27. The minimum Gasteiger partial charge on any atom is -0.384 e. The molecule has 1 aliphatic carbocycles. The molecule has 0 saturated heterocycles. The number of anilines is 1. The second kappa shape index (κ2) is 10.5. The summed E-state index contributed by atoms with van der Waals surface area (Å²) in [6.45, 7) is 0.864. The van der Waals surface area contributed by atoms with E-state index in [2.05, 4.69) is 15.3 Å². The molecule has 0 radical (unpaired) electrons. The van der Waals surface area contributed by atoms with Crippen LogP contribution in [0.1, 0.15) is 38.8 Å². The summed E-state index contributed by atoms with van der Waals surface area (Å²) in [5.74, 6) is -1.36. The van der Waals surface area contributed by atoms with E-state index in [1.54, 1.807) is 6.07 Å². The van der Waals surface area contributed by atoms with E-state index in [0.717, 1.165) is 25.7 Å². The number of pyridine rings is 1. The van der Waals surface area contributed by atoms with E-state index in [4.69, 9.17) is 25.9 Å².